The molecule has 0 spiro atoms. The zero-order chi connectivity index (χ0) is 13.1. The standard InChI is InChI=1S/C12H14FIN2O2.ClH/c13-8-2-1-3-9(14)11(8)12(18)16-5-7-4-15-6-10(7)17;/h1-3,7,10,15,17H,4-6H2,(H,16,18);1H. The van der Waals surface area contributed by atoms with Gasteiger partial charge in [-0.05, 0) is 34.7 Å². The first-order valence-corrected chi connectivity index (χ1v) is 6.78. The van der Waals surface area contributed by atoms with Crippen molar-refractivity contribution in [1.29, 1.82) is 0 Å². The molecular weight excluding hydrogens is 385 g/mol. The van der Waals surface area contributed by atoms with Crippen LogP contribution in [0.1, 0.15) is 10.4 Å². The fraction of sp³-hybridized carbons (Fsp3) is 0.417. The first kappa shape index (κ1) is 16.6. The smallest absolute Gasteiger partial charge is 0.255 e. The van der Waals surface area contributed by atoms with E-state index in [1.165, 1.54) is 6.07 Å². The number of aliphatic hydroxyl groups excluding tert-OH is 1. The Hall–Kier alpha value is -0.440. The molecule has 2 rings (SSSR count). The molecule has 0 aromatic heterocycles. The van der Waals surface area contributed by atoms with Crippen LogP contribution in [-0.2, 0) is 0 Å². The molecule has 4 nitrogen and oxygen atoms in total. The quantitative estimate of drug-likeness (QED) is 0.668. The van der Waals surface area contributed by atoms with Crippen molar-refractivity contribution in [3.63, 3.8) is 0 Å². The zero-order valence-electron chi connectivity index (χ0n) is 10.0. The summed E-state index contributed by atoms with van der Waals surface area (Å²) in [5.74, 6) is -0.973. The van der Waals surface area contributed by atoms with Crippen LogP contribution >= 0.6 is 35.0 Å². The molecule has 1 aromatic carbocycles. The summed E-state index contributed by atoms with van der Waals surface area (Å²) in [6, 6.07) is 4.52. The van der Waals surface area contributed by atoms with Gasteiger partial charge in [0.25, 0.3) is 5.91 Å². The van der Waals surface area contributed by atoms with Gasteiger partial charge in [-0.1, -0.05) is 6.07 Å². The highest BCUT2D eigenvalue weighted by atomic mass is 127. The molecule has 1 saturated heterocycles. The van der Waals surface area contributed by atoms with Crippen molar-refractivity contribution in [2.45, 2.75) is 6.10 Å². The Labute approximate surface area is 130 Å². The van der Waals surface area contributed by atoms with Crippen molar-refractivity contribution < 1.29 is 14.3 Å². The Morgan fingerprint density at radius 2 is 2.26 bits per heavy atom. The minimum atomic E-state index is -0.524. The second kappa shape index (κ2) is 7.37. The molecule has 0 aliphatic carbocycles. The van der Waals surface area contributed by atoms with Gasteiger partial charge >= 0.3 is 0 Å². The topological polar surface area (TPSA) is 61.4 Å². The van der Waals surface area contributed by atoms with Gasteiger partial charge in [-0.3, -0.25) is 4.79 Å². The van der Waals surface area contributed by atoms with E-state index in [1.807, 2.05) is 22.6 Å². The van der Waals surface area contributed by atoms with Crippen molar-refractivity contribution >= 4 is 40.9 Å². The summed E-state index contributed by atoms with van der Waals surface area (Å²) in [6.07, 6.45) is -0.454. The van der Waals surface area contributed by atoms with E-state index in [-0.39, 0.29) is 23.9 Å². The lowest BCUT2D eigenvalue weighted by molar-refractivity contribution is 0.0922. The van der Waals surface area contributed by atoms with Crippen molar-refractivity contribution in [3.8, 4) is 0 Å². The molecule has 0 bridgehead atoms. The average Bonchev–Trinajstić information content (AvgIpc) is 2.72. The van der Waals surface area contributed by atoms with E-state index in [4.69, 9.17) is 0 Å². The molecule has 0 radical (unpaired) electrons. The molecule has 0 saturated carbocycles. The van der Waals surface area contributed by atoms with Crippen LogP contribution < -0.4 is 10.6 Å². The van der Waals surface area contributed by atoms with Crippen LogP contribution in [0.3, 0.4) is 0 Å². The second-order valence-corrected chi connectivity index (χ2v) is 5.45. The van der Waals surface area contributed by atoms with E-state index in [0.29, 0.717) is 23.2 Å². The first-order valence-electron chi connectivity index (χ1n) is 5.70. The van der Waals surface area contributed by atoms with Gasteiger partial charge in [0.05, 0.1) is 11.7 Å². The first-order chi connectivity index (χ1) is 8.59. The number of aliphatic hydroxyl groups is 1. The van der Waals surface area contributed by atoms with Crippen molar-refractivity contribution in [2.24, 2.45) is 5.92 Å². The second-order valence-electron chi connectivity index (χ2n) is 4.29. The summed E-state index contributed by atoms with van der Waals surface area (Å²) in [6.45, 7) is 1.55. The van der Waals surface area contributed by atoms with Gasteiger partial charge in [-0.15, -0.1) is 12.4 Å². The van der Waals surface area contributed by atoms with Crippen molar-refractivity contribution in [1.82, 2.24) is 10.6 Å². The van der Waals surface area contributed by atoms with Crippen molar-refractivity contribution in [3.05, 3.63) is 33.1 Å². The highest BCUT2D eigenvalue weighted by Gasteiger charge is 2.25. The number of benzene rings is 1. The summed E-state index contributed by atoms with van der Waals surface area (Å²) >= 11 is 1.93. The van der Waals surface area contributed by atoms with Crippen LogP contribution in [-0.4, -0.2) is 36.8 Å². The Morgan fingerprint density at radius 1 is 1.53 bits per heavy atom. The minimum absolute atomic E-state index is 0. The molecule has 3 N–H and O–H groups in total. The Kier molecular flexibility index (Phi) is 6.45. The third-order valence-corrected chi connectivity index (χ3v) is 3.92. The van der Waals surface area contributed by atoms with Crippen LogP contribution in [0.2, 0.25) is 0 Å². The van der Waals surface area contributed by atoms with Gasteiger partial charge in [0, 0.05) is 29.1 Å². The monoisotopic (exact) mass is 400 g/mol. The van der Waals surface area contributed by atoms with E-state index in [1.54, 1.807) is 12.1 Å². The number of hydrogen-bond acceptors (Lipinski definition) is 3. The van der Waals surface area contributed by atoms with Gasteiger partial charge < -0.3 is 15.7 Å². The van der Waals surface area contributed by atoms with E-state index >= 15 is 0 Å². The molecule has 1 aliphatic heterocycles. The van der Waals surface area contributed by atoms with Crippen LogP contribution in [0, 0.1) is 15.3 Å². The van der Waals surface area contributed by atoms with Crippen LogP contribution in [0.5, 0.6) is 0 Å². The molecule has 2 atom stereocenters. The molecule has 2 unspecified atom stereocenters. The maximum atomic E-state index is 13.6. The predicted molar refractivity (Wildman–Crippen MR) is 81.1 cm³/mol. The number of β-amino-alcohol motifs (C(OH)–C–C–N with tert-alkyl or cyclic N) is 1. The largest absolute Gasteiger partial charge is 0.391 e. The molecule has 1 fully saturated rings. The zero-order valence-corrected chi connectivity index (χ0v) is 13.0. The SMILES string of the molecule is Cl.O=C(NCC1CNCC1O)c1c(F)cccc1I. The van der Waals surface area contributed by atoms with E-state index in [0.717, 1.165) is 0 Å². The molecule has 106 valence electrons. The molecule has 1 heterocycles. The van der Waals surface area contributed by atoms with Crippen molar-refractivity contribution in [2.75, 3.05) is 19.6 Å². The summed E-state index contributed by atoms with van der Waals surface area (Å²) in [4.78, 5) is 11.9. The maximum Gasteiger partial charge on any atom is 0.255 e. The predicted octanol–water partition coefficient (Wildman–Crippen LogP) is 1.16. The summed E-state index contributed by atoms with van der Waals surface area (Å²) in [5, 5.41) is 15.3. The molecule has 1 aromatic rings. The maximum absolute atomic E-state index is 13.6. The Morgan fingerprint density at radius 3 is 2.84 bits per heavy atom. The van der Waals surface area contributed by atoms with Crippen LogP contribution in [0.4, 0.5) is 4.39 Å². The lowest BCUT2D eigenvalue weighted by atomic mass is 10.1. The lowest BCUT2D eigenvalue weighted by Crippen LogP contribution is -2.35. The molecule has 19 heavy (non-hydrogen) atoms. The highest BCUT2D eigenvalue weighted by Crippen LogP contribution is 2.16. The van der Waals surface area contributed by atoms with Gasteiger partial charge in [-0.25, -0.2) is 4.39 Å². The summed E-state index contributed by atoms with van der Waals surface area (Å²) in [7, 11) is 0. The number of hydrogen-bond donors (Lipinski definition) is 3. The third kappa shape index (κ3) is 4.01. The fourth-order valence-corrected chi connectivity index (χ4v) is 2.66. The number of nitrogens with one attached hydrogen (secondary N) is 2. The fourth-order valence-electron chi connectivity index (χ4n) is 1.95. The van der Waals surface area contributed by atoms with E-state index in [2.05, 4.69) is 10.6 Å². The van der Waals surface area contributed by atoms with Gasteiger partial charge in [0.15, 0.2) is 0 Å². The average molecular weight is 401 g/mol. The number of carbonyl (C=O) groups is 1. The molecule has 1 aliphatic rings. The van der Waals surface area contributed by atoms with Gasteiger partial charge in [0.1, 0.15) is 5.82 Å². The lowest BCUT2D eigenvalue weighted by Gasteiger charge is -2.14. The highest BCUT2D eigenvalue weighted by molar-refractivity contribution is 14.1. The van der Waals surface area contributed by atoms with Crippen LogP contribution in [0.15, 0.2) is 18.2 Å². The molecule has 7 heteroatoms. The Bertz CT molecular complexity index is 441. The summed E-state index contributed by atoms with van der Waals surface area (Å²) < 4.78 is 14.1. The minimum Gasteiger partial charge on any atom is -0.391 e. The number of halogens is 3. The van der Waals surface area contributed by atoms with Gasteiger partial charge in [0.2, 0.25) is 0 Å². The van der Waals surface area contributed by atoms with E-state index < -0.39 is 17.8 Å². The normalized spacial score (nSPS) is 21.8. The molecular formula is C12H15ClFIN2O2. The van der Waals surface area contributed by atoms with Crippen LogP contribution in [0.25, 0.3) is 0 Å². The summed E-state index contributed by atoms with van der Waals surface area (Å²) in [5.41, 5.74) is 0.0681. The van der Waals surface area contributed by atoms with Gasteiger partial charge in [-0.2, -0.15) is 0 Å². The number of rotatable bonds is 3. The number of amides is 1. The number of carbonyl (C=O) groups excluding carboxylic acids is 1. The van der Waals surface area contributed by atoms with E-state index in [9.17, 15) is 14.3 Å². The third-order valence-electron chi connectivity index (χ3n) is 3.02. The Balaban J connectivity index is 0.00000180. The molecule has 1 amide bonds.